The summed E-state index contributed by atoms with van der Waals surface area (Å²) in [6.45, 7) is 14.4. The summed E-state index contributed by atoms with van der Waals surface area (Å²) in [6, 6.07) is 0.825. The first-order chi connectivity index (χ1) is 11.3. The highest BCUT2D eigenvalue weighted by Gasteiger charge is 2.40. The lowest BCUT2D eigenvalue weighted by Gasteiger charge is -2.41. The fourth-order valence-corrected chi connectivity index (χ4v) is 5.63. The molecule has 0 fully saturated rings. The van der Waals surface area contributed by atoms with E-state index in [1.165, 1.54) is 0 Å². The normalized spacial score (nSPS) is 14.2. The summed E-state index contributed by atoms with van der Waals surface area (Å²) in [7, 11) is -0.533. The van der Waals surface area contributed by atoms with Crippen molar-refractivity contribution >= 4 is 14.5 Å². The van der Waals surface area contributed by atoms with Gasteiger partial charge in [0, 0.05) is 12.7 Å². The number of hydrogen-bond donors (Lipinski definition) is 0. The van der Waals surface area contributed by atoms with Crippen LogP contribution in [0.5, 0.6) is 0 Å². The first kappa shape index (κ1) is 23.3. The Labute approximate surface area is 150 Å². The molecule has 0 bridgehead atoms. The van der Waals surface area contributed by atoms with Gasteiger partial charge in [-0.05, 0) is 45.2 Å². The summed E-state index contributed by atoms with van der Waals surface area (Å²) >= 11 is 0. The third kappa shape index (κ3) is 8.45. The molecule has 0 rings (SSSR count). The van der Waals surface area contributed by atoms with Crippen molar-refractivity contribution in [3.63, 3.8) is 0 Å². The molecule has 1 atom stereocenters. The van der Waals surface area contributed by atoms with Crippen molar-refractivity contribution < 1.29 is 18.4 Å². The van der Waals surface area contributed by atoms with E-state index >= 15 is 0 Å². The van der Waals surface area contributed by atoms with Crippen LogP contribution < -0.4 is 0 Å². The molecule has 1 unspecified atom stereocenters. The zero-order chi connectivity index (χ0) is 18.6. The topological polar surface area (TPSA) is 44.8 Å². The van der Waals surface area contributed by atoms with Crippen molar-refractivity contribution in [3.05, 3.63) is 12.2 Å². The van der Waals surface area contributed by atoms with Gasteiger partial charge in [-0.2, -0.15) is 0 Å². The van der Waals surface area contributed by atoms with Gasteiger partial charge in [-0.3, -0.25) is 0 Å². The van der Waals surface area contributed by atoms with Crippen LogP contribution in [0.25, 0.3) is 0 Å². The van der Waals surface area contributed by atoms with Gasteiger partial charge < -0.3 is 13.6 Å². The van der Waals surface area contributed by atoms with Gasteiger partial charge in [0.1, 0.15) is 0 Å². The SMILES string of the molecule is C=C(C)C(=O)OCCC[Si](C)(OC)OC(CCC)(CCC)CCC. The summed E-state index contributed by atoms with van der Waals surface area (Å²) in [6.07, 6.45) is 7.33. The van der Waals surface area contributed by atoms with Crippen LogP contribution in [0.1, 0.15) is 72.6 Å². The lowest BCUT2D eigenvalue weighted by molar-refractivity contribution is -0.139. The smallest absolute Gasteiger partial charge is 0.335 e. The minimum Gasteiger partial charge on any atom is -0.462 e. The van der Waals surface area contributed by atoms with E-state index in [-0.39, 0.29) is 11.6 Å². The van der Waals surface area contributed by atoms with Crippen LogP contribution in [0.2, 0.25) is 12.6 Å². The molecule has 0 saturated heterocycles. The molecule has 5 heteroatoms. The molecule has 0 saturated carbocycles. The molecule has 4 nitrogen and oxygen atoms in total. The van der Waals surface area contributed by atoms with Crippen LogP contribution in [0.4, 0.5) is 0 Å². The van der Waals surface area contributed by atoms with Gasteiger partial charge in [0.15, 0.2) is 0 Å². The number of esters is 1. The molecule has 0 aliphatic rings. The summed E-state index contributed by atoms with van der Waals surface area (Å²) < 4.78 is 17.7. The van der Waals surface area contributed by atoms with Crippen LogP contribution in [0.3, 0.4) is 0 Å². The molecule has 0 radical (unpaired) electrons. The second-order valence-electron chi connectivity index (χ2n) is 6.89. The molecule has 0 aromatic carbocycles. The predicted octanol–water partition coefficient (Wildman–Crippen LogP) is 5.37. The fourth-order valence-electron chi connectivity index (χ4n) is 3.23. The van der Waals surface area contributed by atoms with Crippen molar-refractivity contribution in [2.24, 2.45) is 0 Å². The maximum absolute atomic E-state index is 11.4. The van der Waals surface area contributed by atoms with Gasteiger partial charge in [-0.1, -0.05) is 46.6 Å². The average Bonchev–Trinajstić information content (AvgIpc) is 2.52. The standard InChI is InChI=1S/C19H38O4Si/c1-8-12-19(13-9-2,14-10-3)23-24(7,21-6)16-11-15-22-18(20)17(4)5/h4,8-16H2,1-3,5-7H3. The minimum atomic E-state index is -2.28. The van der Waals surface area contributed by atoms with E-state index in [2.05, 4.69) is 33.9 Å². The van der Waals surface area contributed by atoms with Crippen molar-refractivity contribution in [3.8, 4) is 0 Å². The van der Waals surface area contributed by atoms with E-state index in [0.29, 0.717) is 12.2 Å². The number of carbonyl (C=O) groups excluding carboxylic acids is 1. The molecule has 0 aromatic heterocycles. The molecule has 0 aliphatic carbocycles. The van der Waals surface area contributed by atoms with Gasteiger partial charge in [0.25, 0.3) is 0 Å². The van der Waals surface area contributed by atoms with Crippen LogP contribution in [0.15, 0.2) is 12.2 Å². The molecular weight excluding hydrogens is 320 g/mol. The zero-order valence-electron chi connectivity index (χ0n) is 16.7. The third-order valence-corrected chi connectivity index (χ3v) is 7.33. The number of hydrogen-bond acceptors (Lipinski definition) is 4. The molecule has 0 spiro atoms. The van der Waals surface area contributed by atoms with Gasteiger partial charge in [0.2, 0.25) is 0 Å². The monoisotopic (exact) mass is 358 g/mol. The Kier molecular flexibility index (Phi) is 11.5. The van der Waals surface area contributed by atoms with E-state index in [0.717, 1.165) is 51.0 Å². The summed E-state index contributed by atoms with van der Waals surface area (Å²) in [5, 5.41) is 0. The predicted molar refractivity (Wildman–Crippen MR) is 102 cm³/mol. The van der Waals surface area contributed by atoms with Crippen LogP contribution >= 0.6 is 0 Å². The Morgan fingerprint density at radius 1 is 1.08 bits per heavy atom. The Hall–Kier alpha value is -0.653. The van der Waals surface area contributed by atoms with Crippen molar-refractivity contribution in [1.29, 1.82) is 0 Å². The van der Waals surface area contributed by atoms with Gasteiger partial charge in [0.05, 0.1) is 12.2 Å². The van der Waals surface area contributed by atoms with E-state index in [9.17, 15) is 4.79 Å². The van der Waals surface area contributed by atoms with Gasteiger partial charge >= 0.3 is 14.5 Å². The number of ether oxygens (including phenoxy) is 1. The maximum Gasteiger partial charge on any atom is 0.335 e. The molecule has 0 aliphatic heterocycles. The lowest BCUT2D eigenvalue weighted by atomic mass is 9.88. The van der Waals surface area contributed by atoms with Crippen LogP contribution in [-0.2, 0) is 18.4 Å². The summed E-state index contributed by atoms with van der Waals surface area (Å²) in [4.78, 5) is 11.4. The molecule has 0 N–H and O–H groups in total. The average molecular weight is 359 g/mol. The van der Waals surface area contributed by atoms with Crippen molar-refractivity contribution in [2.45, 2.75) is 90.8 Å². The first-order valence-corrected chi connectivity index (χ1v) is 11.9. The van der Waals surface area contributed by atoms with E-state index < -0.39 is 8.56 Å². The lowest BCUT2D eigenvalue weighted by Crippen LogP contribution is -2.48. The molecule has 0 amide bonds. The Morgan fingerprint density at radius 3 is 1.96 bits per heavy atom. The molecule has 24 heavy (non-hydrogen) atoms. The molecular formula is C19H38O4Si. The van der Waals surface area contributed by atoms with Gasteiger partial charge in [-0.25, -0.2) is 4.79 Å². The molecule has 142 valence electrons. The first-order valence-electron chi connectivity index (χ1n) is 9.36. The minimum absolute atomic E-state index is 0.0659. The number of rotatable bonds is 14. The summed E-state index contributed by atoms with van der Waals surface area (Å²) in [5.74, 6) is -0.325. The molecule has 0 aromatic rings. The van der Waals surface area contributed by atoms with E-state index in [1.54, 1.807) is 14.0 Å². The highest BCUT2D eigenvalue weighted by molar-refractivity contribution is 6.66. The third-order valence-electron chi connectivity index (χ3n) is 4.34. The van der Waals surface area contributed by atoms with E-state index in [4.69, 9.17) is 13.6 Å². The zero-order valence-corrected chi connectivity index (χ0v) is 17.7. The summed E-state index contributed by atoms with van der Waals surface area (Å²) in [5.41, 5.74) is 0.370. The fraction of sp³-hybridized carbons (Fsp3) is 0.842. The van der Waals surface area contributed by atoms with E-state index in [1.807, 2.05) is 0 Å². The van der Waals surface area contributed by atoms with Crippen LogP contribution in [0, 0.1) is 0 Å². The maximum atomic E-state index is 11.4. The van der Waals surface area contributed by atoms with Gasteiger partial charge in [-0.15, -0.1) is 0 Å². The Morgan fingerprint density at radius 2 is 1.58 bits per heavy atom. The second kappa shape index (κ2) is 11.8. The second-order valence-corrected chi connectivity index (χ2v) is 10.3. The quantitative estimate of drug-likeness (QED) is 0.181. The largest absolute Gasteiger partial charge is 0.462 e. The highest BCUT2D eigenvalue weighted by Crippen LogP contribution is 2.34. The Balaban J connectivity index is 4.78. The van der Waals surface area contributed by atoms with Crippen LogP contribution in [-0.4, -0.2) is 33.8 Å². The highest BCUT2D eigenvalue weighted by atomic mass is 28.4. The van der Waals surface area contributed by atoms with Crippen molar-refractivity contribution in [1.82, 2.24) is 0 Å². The Bertz CT molecular complexity index is 367. The number of carbonyl (C=O) groups is 1. The molecule has 0 heterocycles. The van der Waals surface area contributed by atoms with Crippen molar-refractivity contribution in [2.75, 3.05) is 13.7 Å².